The summed E-state index contributed by atoms with van der Waals surface area (Å²) in [6.07, 6.45) is 0.331. The highest BCUT2D eigenvalue weighted by Crippen LogP contribution is 2.40. The molecule has 0 aliphatic carbocycles. The van der Waals surface area contributed by atoms with Gasteiger partial charge in [-0.15, -0.1) is 0 Å². The van der Waals surface area contributed by atoms with Gasteiger partial charge in [0.25, 0.3) is 5.91 Å². The number of amides is 4. The SMILES string of the molecule is CCC[C@H](NC(=O)[C@@H]1C[C@]2(CC(c3cccc(Cl)c3)=NO2)CN1C(=O)[C@@H](NC(=O)OC(C)(C)C)C(C)(C)C)C(=O)C(=O)NC. The Morgan fingerprint density at radius 1 is 1.14 bits per heavy atom. The number of Topliss-reactive ketones (excluding diaryl/α,β-unsaturated/α-hetero) is 1. The van der Waals surface area contributed by atoms with Crippen LogP contribution in [0.3, 0.4) is 0 Å². The van der Waals surface area contributed by atoms with E-state index in [0.29, 0.717) is 17.2 Å². The molecular formula is C31H44ClN5O7. The van der Waals surface area contributed by atoms with E-state index in [-0.39, 0.29) is 25.8 Å². The molecule has 1 fully saturated rings. The third-order valence-electron chi connectivity index (χ3n) is 7.42. The average Bonchev–Trinajstić information content (AvgIpc) is 3.52. The summed E-state index contributed by atoms with van der Waals surface area (Å²) in [6.45, 7) is 12.3. The number of nitrogens with zero attached hydrogens (tertiary/aromatic N) is 2. The molecule has 4 atom stereocenters. The minimum absolute atomic E-state index is 0.0120. The van der Waals surface area contributed by atoms with Crippen molar-refractivity contribution < 1.29 is 33.5 Å². The van der Waals surface area contributed by atoms with Gasteiger partial charge in [0, 0.05) is 30.5 Å². The fourth-order valence-electron chi connectivity index (χ4n) is 5.30. The second-order valence-electron chi connectivity index (χ2n) is 13.4. The van der Waals surface area contributed by atoms with Gasteiger partial charge in [-0.25, -0.2) is 4.79 Å². The number of rotatable bonds is 9. The Bertz CT molecular complexity index is 1320. The molecule has 1 aromatic carbocycles. The van der Waals surface area contributed by atoms with Crippen molar-refractivity contribution in [2.45, 2.75) is 103 Å². The first-order valence-electron chi connectivity index (χ1n) is 14.8. The highest BCUT2D eigenvalue weighted by atomic mass is 35.5. The molecule has 2 aliphatic rings. The minimum Gasteiger partial charge on any atom is -0.444 e. The van der Waals surface area contributed by atoms with Gasteiger partial charge in [0.15, 0.2) is 5.60 Å². The second-order valence-corrected chi connectivity index (χ2v) is 13.9. The van der Waals surface area contributed by atoms with Gasteiger partial charge in [0.1, 0.15) is 17.7 Å². The van der Waals surface area contributed by atoms with Crippen molar-refractivity contribution >= 4 is 46.9 Å². The number of nitrogens with one attached hydrogen (secondary N) is 3. The summed E-state index contributed by atoms with van der Waals surface area (Å²) >= 11 is 6.19. The predicted molar refractivity (Wildman–Crippen MR) is 165 cm³/mol. The van der Waals surface area contributed by atoms with E-state index in [1.807, 2.05) is 13.0 Å². The molecule has 2 heterocycles. The zero-order valence-corrected chi connectivity index (χ0v) is 27.5. The van der Waals surface area contributed by atoms with Gasteiger partial charge in [0.05, 0.1) is 18.3 Å². The molecule has 4 amide bonds. The zero-order valence-electron chi connectivity index (χ0n) is 26.7. The Kier molecular flexibility index (Phi) is 10.7. The highest BCUT2D eigenvalue weighted by molar-refractivity contribution is 6.38. The lowest BCUT2D eigenvalue weighted by Crippen LogP contribution is -2.59. The van der Waals surface area contributed by atoms with E-state index in [1.165, 1.54) is 11.9 Å². The first-order chi connectivity index (χ1) is 20.4. The van der Waals surface area contributed by atoms with Crippen LogP contribution in [0.5, 0.6) is 0 Å². The van der Waals surface area contributed by atoms with Crippen molar-refractivity contribution in [3.63, 3.8) is 0 Å². The molecule has 3 rings (SSSR count). The Morgan fingerprint density at radius 3 is 2.39 bits per heavy atom. The van der Waals surface area contributed by atoms with E-state index in [4.69, 9.17) is 21.2 Å². The van der Waals surface area contributed by atoms with Crippen molar-refractivity contribution in [2.24, 2.45) is 10.6 Å². The highest BCUT2D eigenvalue weighted by Gasteiger charge is 2.55. The van der Waals surface area contributed by atoms with E-state index >= 15 is 0 Å². The summed E-state index contributed by atoms with van der Waals surface area (Å²) < 4.78 is 5.43. The molecule has 0 radical (unpaired) electrons. The van der Waals surface area contributed by atoms with Crippen LogP contribution >= 0.6 is 11.6 Å². The lowest BCUT2D eigenvalue weighted by Gasteiger charge is -2.36. The predicted octanol–water partition coefficient (Wildman–Crippen LogP) is 3.34. The van der Waals surface area contributed by atoms with E-state index in [9.17, 15) is 24.0 Å². The molecule has 12 nitrogen and oxygen atoms in total. The molecule has 0 aromatic heterocycles. The number of carbonyl (C=O) groups is 5. The number of likely N-dealkylation sites (N-methyl/N-ethyl adjacent to an activating group) is 1. The summed E-state index contributed by atoms with van der Waals surface area (Å²) in [5.41, 5.74) is -1.26. The summed E-state index contributed by atoms with van der Waals surface area (Å²) in [5, 5.41) is 12.5. The number of ketones is 1. The lowest BCUT2D eigenvalue weighted by atomic mass is 9.85. The standard InChI is InChI=1S/C31H44ClN5O7/c1-9-11-20(23(38)26(40)33-8)34-25(39)22-16-31(15-21(36-44-31)18-12-10-13-19(32)14-18)17-37(22)27(41)24(29(2,3)4)35-28(42)43-30(5,6)7/h10,12-14,20,22,24H,9,11,15-17H2,1-8H3,(H,33,40)(H,34,39)(H,35,42)/t20-,22-,24+,31+/m0/s1. The maximum atomic E-state index is 14.3. The first-order valence-corrected chi connectivity index (χ1v) is 15.1. The van der Waals surface area contributed by atoms with Crippen molar-refractivity contribution in [1.82, 2.24) is 20.9 Å². The fraction of sp³-hybridized carbons (Fsp3) is 0.613. The van der Waals surface area contributed by atoms with Crippen LogP contribution < -0.4 is 16.0 Å². The summed E-state index contributed by atoms with van der Waals surface area (Å²) in [4.78, 5) is 73.2. The molecule has 0 bridgehead atoms. The number of hydrogen-bond donors (Lipinski definition) is 3. The molecule has 13 heteroatoms. The molecule has 3 N–H and O–H groups in total. The minimum atomic E-state index is -1.08. The average molecular weight is 634 g/mol. The van der Waals surface area contributed by atoms with Gasteiger partial charge in [-0.05, 0) is 44.7 Å². The summed E-state index contributed by atoms with van der Waals surface area (Å²) in [5.74, 6) is -2.75. The van der Waals surface area contributed by atoms with E-state index < -0.39 is 64.3 Å². The quantitative estimate of drug-likeness (QED) is 0.352. The number of carbonyl (C=O) groups excluding carboxylic acids is 5. The monoisotopic (exact) mass is 633 g/mol. The maximum Gasteiger partial charge on any atom is 0.408 e. The van der Waals surface area contributed by atoms with Gasteiger partial charge in [-0.2, -0.15) is 0 Å². The Balaban J connectivity index is 1.95. The number of hydrogen-bond acceptors (Lipinski definition) is 8. The molecule has 1 saturated heterocycles. The third kappa shape index (κ3) is 8.49. The number of alkyl carbamates (subject to hydrolysis) is 1. The van der Waals surface area contributed by atoms with Gasteiger partial charge >= 0.3 is 6.09 Å². The van der Waals surface area contributed by atoms with E-state index in [0.717, 1.165) is 5.56 Å². The van der Waals surface area contributed by atoms with Crippen LogP contribution in [0.1, 0.15) is 79.7 Å². The van der Waals surface area contributed by atoms with E-state index in [2.05, 4.69) is 21.1 Å². The number of ether oxygens (including phenoxy) is 1. The van der Waals surface area contributed by atoms with Crippen molar-refractivity contribution in [1.29, 1.82) is 0 Å². The molecule has 2 aliphatic heterocycles. The number of likely N-dealkylation sites (tertiary alicyclic amines) is 1. The Labute approximate surface area is 263 Å². The van der Waals surface area contributed by atoms with Gasteiger partial charge in [-0.3, -0.25) is 19.2 Å². The molecule has 242 valence electrons. The topological polar surface area (TPSA) is 156 Å². The van der Waals surface area contributed by atoms with Crippen molar-refractivity contribution in [3.8, 4) is 0 Å². The second kappa shape index (κ2) is 13.5. The normalized spacial score (nSPS) is 21.2. The van der Waals surface area contributed by atoms with Crippen LogP contribution in [0, 0.1) is 5.41 Å². The fourth-order valence-corrected chi connectivity index (χ4v) is 5.49. The van der Waals surface area contributed by atoms with Gasteiger partial charge < -0.3 is 30.4 Å². The van der Waals surface area contributed by atoms with Crippen molar-refractivity contribution in [2.75, 3.05) is 13.6 Å². The molecule has 1 aromatic rings. The Hall–Kier alpha value is -3.67. The number of halogens is 1. The summed E-state index contributed by atoms with van der Waals surface area (Å²) in [7, 11) is 1.34. The molecule has 44 heavy (non-hydrogen) atoms. The van der Waals surface area contributed by atoms with Crippen LogP contribution in [0.4, 0.5) is 4.79 Å². The number of oxime groups is 1. The molecule has 0 saturated carbocycles. The van der Waals surface area contributed by atoms with Crippen LogP contribution in [0.15, 0.2) is 29.4 Å². The molecule has 0 unspecified atom stereocenters. The third-order valence-corrected chi connectivity index (χ3v) is 7.65. The zero-order chi connectivity index (χ0) is 33.0. The lowest BCUT2D eigenvalue weighted by molar-refractivity contribution is -0.144. The van der Waals surface area contributed by atoms with Gasteiger partial charge in [0.2, 0.25) is 17.6 Å². The van der Waals surface area contributed by atoms with Crippen LogP contribution in [-0.4, -0.2) is 83.1 Å². The summed E-state index contributed by atoms with van der Waals surface area (Å²) in [6, 6.07) is 3.89. The number of benzene rings is 1. The Morgan fingerprint density at radius 2 is 1.82 bits per heavy atom. The van der Waals surface area contributed by atoms with Crippen molar-refractivity contribution in [3.05, 3.63) is 34.9 Å². The van der Waals surface area contributed by atoms with E-state index in [1.54, 1.807) is 59.7 Å². The largest absolute Gasteiger partial charge is 0.444 e. The molecular weight excluding hydrogens is 590 g/mol. The molecule has 1 spiro atoms. The maximum absolute atomic E-state index is 14.3. The van der Waals surface area contributed by atoms with Gasteiger partial charge in [-0.1, -0.05) is 63.0 Å². The first kappa shape index (κ1) is 34.8. The van der Waals surface area contributed by atoms with Crippen LogP contribution in [0.2, 0.25) is 5.02 Å². The smallest absolute Gasteiger partial charge is 0.408 e. The van der Waals surface area contributed by atoms with Crippen LogP contribution in [0.25, 0.3) is 0 Å². The van der Waals surface area contributed by atoms with Crippen LogP contribution in [-0.2, 0) is 28.8 Å².